The van der Waals surface area contributed by atoms with Gasteiger partial charge in [0.25, 0.3) is 0 Å². The fourth-order valence-corrected chi connectivity index (χ4v) is 4.40. The number of fused-ring (bicyclic) bond motifs is 1. The molecular formula is C21H24N2S. The van der Waals surface area contributed by atoms with Crippen LogP contribution in [-0.4, -0.2) is 16.0 Å². The van der Waals surface area contributed by atoms with Crippen LogP contribution in [0.3, 0.4) is 0 Å². The van der Waals surface area contributed by atoms with E-state index >= 15 is 0 Å². The molecule has 24 heavy (non-hydrogen) atoms. The summed E-state index contributed by atoms with van der Waals surface area (Å²) in [5, 5.41) is 4.46. The molecule has 4 rings (SSSR count). The molecule has 2 nitrogen and oxygen atoms in total. The highest BCUT2D eigenvalue weighted by Gasteiger charge is 2.27. The number of nitrogens with zero attached hydrogens (tertiary/aromatic N) is 2. The summed E-state index contributed by atoms with van der Waals surface area (Å²) in [6, 6.07) is 14.0. The number of benzene rings is 1. The Bertz CT molecular complexity index is 816. The van der Waals surface area contributed by atoms with Crippen LogP contribution in [0.25, 0.3) is 0 Å². The molecule has 1 aliphatic heterocycles. The summed E-state index contributed by atoms with van der Waals surface area (Å²) in [5.41, 5.74) is 7.01. The van der Waals surface area contributed by atoms with Crippen molar-refractivity contribution in [2.75, 3.05) is 6.54 Å². The molecule has 1 atom stereocenters. The van der Waals surface area contributed by atoms with Crippen LogP contribution in [0.5, 0.6) is 0 Å². The summed E-state index contributed by atoms with van der Waals surface area (Å²) in [4.78, 5) is 2.64. The highest BCUT2D eigenvalue weighted by molar-refractivity contribution is 7.07. The fraction of sp³-hybridized carbons (Fsp3) is 0.333. The first-order valence-electron chi connectivity index (χ1n) is 8.70. The topological polar surface area (TPSA) is 8.17 Å². The summed E-state index contributed by atoms with van der Waals surface area (Å²) in [6.45, 7) is 7.68. The quantitative estimate of drug-likeness (QED) is 0.641. The van der Waals surface area contributed by atoms with Crippen molar-refractivity contribution in [1.82, 2.24) is 9.47 Å². The third-order valence-electron chi connectivity index (χ3n) is 5.17. The van der Waals surface area contributed by atoms with Crippen molar-refractivity contribution < 1.29 is 0 Å². The molecule has 0 saturated heterocycles. The first-order chi connectivity index (χ1) is 11.7. The number of thiophene rings is 1. The Balaban J connectivity index is 1.77. The van der Waals surface area contributed by atoms with Gasteiger partial charge in [-0.15, -0.1) is 0 Å². The Kier molecular flexibility index (Phi) is 4.30. The lowest BCUT2D eigenvalue weighted by Crippen LogP contribution is -2.29. The highest BCUT2D eigenvalue weighted by Crippen LogP contribution is 2.34. The van der Waals surface area contributed by atoms with Crippen LogP contribution in [0.2, 0.25) is 0 Å². The van der Waals surface area contributed by atoms with E-state index in [0.29, 0.717) is 6.04 Å². The van der Waals surface area contributed by atoms with Crippen LogP contribution in [0.15, 0.2) is 53.4 Å². The lowest BCUT2D eigenvalue weighted by Gasteiger charge is -2.30. The Morgan fingerprint density at radius 1 is 1.08 bits per heavy atom. The molecule has 3 heteroatoms. The Morgan fingerprint density at radius 2 is 2.00 bits per heavy atom. The number of hydrogen-bond donors (Lipinski definition) is 0. The lowest BCUT2D eigenvalue weighted by atomic mass is 9.97. The second-order valence-corrected chi connectivity index (χ2v) is 7.61. The molecule has 124 valence electrons. The summed E-state index contributed by atoms with van der Waals surface area (Å²) in [7, 11) is 0. The predicted molar refractivity (Wildman–Crippen MR) is 102 cm³/mol. The molecule has 1 aromatic carbocycles. The average molecular weight is 337 g/mol. The van der Waals surface area contributed by atoms with Gasteiger partial charge in [0.2, 0.25) is 0 Å². The van der Waals surface area contributed by atoms with E-state index in [1.165, 1.54) is 34.4 Å². The zero-order valence-corrected chi connectivity index (χ0v) is 15.2. The Labute approximate surface area is 148 Å². The minimum absolute atomic E-state index is 0.335. The van der Waals surface area contributed by atoms with E-state index in [4.69, 9.17) is 0 Å². The van der Waals surface area contributed by atoms with E-state index in [1.54, 1.807) is 11.3 Å². The van der Waals surface area contributed by atoms with E-state index in [9.17, 15) is 0 Å². The summed E-state index contributed by atoms with van der Waals surface area (Å²) < 4.78 is 2.44. The van der Waals surface area contributed by atoms with Crippen molar-refractivity contribution in [3.8, 4) is 0 Å². The average Bonchev–Trinajstić information content (AvgIpc) is 3.21. The largest absolute Gasteiger partial charge is 0.350 e. The summed E-state index contributed by atoms with van der Waals surface area (Å²) in [6.07, 6.45) is 3.44. The van der Waals surface area contributed by atoms with Gasteiger partial charge in [0.15, 0.2) is 0 Å². The monoisotopic (exact) mass is 336 g/mol. The Morgan fingerprint density at radius 3 is 2.79 bits per heavy atom. The molecule has 0 amide bonds. The molecule has 0 radical (unpaired) electrons. The molecule has 0 fully saturated rings. The van der Waals surface area contributed by atoms with Gasteiger partial charge in [0.1, 0.15) is 0 Å². The molecular weight excluding hydrogens is 312 g/mol. The van der Waals surface area contributed by atoms with Crippen LogP contribution >= 0.6 is 11.3 Å². The SMILES string of the molecule is Cc1ccc(C2c3cccn3CCCN2Cc2ccsc2)cc1C. The van der Waals surface area contributed by atoms with Crippen LogP contribution in [0.4, 0.5) is 0 Å². The normalized spacial score (nSPS) is 18.3. The van der Waals surface area contributed by atoms with Gasteiger partial charge >= 0.3 is 0 Å². The van der Waals surface area contributed by atoms with Crippen LogP contribution < -0.4 is 0 Å². The van der Waals surface area contributed by atoms with E-state index in [0.717, 1.165) is 19.6 Å². The van der Waals surface area contributed by atoms with Gasteiger partial charge in [0, 0.05) is 31.5 Å². The standard InChI is InChI=1S/C21H24N2S/c1-16-6-7-19(13-17(16)2)21-20-5-3-9-22(20)10-4-11-23(21)14-18-8-12-24-15-18/h3,5-9,12-13,15,21H,4,10-11,14H2,1-2H3. The fourth-order valence-electron chi connectivity index (χ4n) is 3.74. The number of aryl methyl sites for hydroxylation is 3. The van der Waals surface area contributed by atoms with Crippen LogP contribution in [0.1, 0.15) is 40.4 Å². The Hall–Kier alpha value is -1.84. The highest BCUT2D eigenvalue weighted by atomic mass is 32.1. The first-order valence-corrected chi connectivity index (χ1v) is 9.64. The van der Waals surface area contributed by atoms with Crippen molar-refractivity contribution in [2.45, 2.75) is 39.4 Å². The molecule has 3 aromatic rings. The van der Waals surface area contributed by atoms with Crippen molar-refractivity contribution >= 4 is 11.3 Å². The smallest absolute Gasteiger partial charge is 0.0759 e. The minimum atomic E-state index is 0.335. The van der Waals surface area contributed by atoms with E-state index in [-0.39, 0.29) is 0 Å². The number of aromatic nitrogens is 1. The molecule has 0 bridgehead atoms. The maximum absolute atomic E-state index is 2.64. The van der Waals surface area contributed by atoms with Gasteiger partial charge in [-0.25, -0.2) is 0 Å². The molecule has 0 spiro atoms. The van der Waals surface area contributed by atoms with Gasteiger partial charge in [-0.1, -0.05) is 18.2 Å². The van der Waals surface area contributed by atoms with Gasteiger partial charge < -0.3 is 4.57 Å². The minimum Gasteiger partial charge on any atom is -0.350 e. The van der Waals surface area contributed by atoms with E-state index < -0.39 is 0 Å². The van der Waals surface area contributed by atoms with Gasteiger partial charge in [0.05, 0.1) is 6.04 Å². The van der Waals surface area contributed by atoms with Crippen LogP contribution in [-0.2, 0) is 13.1 Å². The predicted octanol–water partition coefficient (Wildman–Crippen LogP) is 5.16. The maximum Gasteiger partial charge on any atom is 0.0759 e. The molecule has 1 aliphatic rings. The van der Waals surface area contributed by atoms with Gasteiger partial charge in [-0.05, 0) is 71.5 Å². The third-order valence-corrected chi connectivity index (χ3v) is 5.90. The zero-order valence-electron chi connectivity index (χ0n) is 14.4. The van der Waals surface area contributed by atoms with E-state index in [2.05, 4.69) is 76.7 Å². The first kappa shape index (κ1) is 15.7. The number of rotatable bonds is 3. The molecule has 0 saturated carbocycles. The lowest BCUT2D eigenvalue weighted by molar-refractivity contribution is 0.220. The second kappa shape index (κ2) is 6.58. The third kappa shape index (κ3) is 2.94. The zero-order chi connectivity index (χ0) is 16.5. The maximum atomic E-state index is 2.64. The molecule has 3 heterocycles. The molecule has 0 N–H and O–H groups in total. The van der Waals surface area contributed by atoms with Crippen molar-refractivity contribution in [3.05, 3.63) is 81.3 Å². The van der Waals surface area contributed by atoms with Gasteiger partial charge in [-0.3, -0.25) is 4.90 Å². The van der Waals surface area contributed by atoms with Crippen molar-refractivity contribution in [2.24, 2.45) is 0 Å². The van der Waals surface area contributed by atoms with Crippen molar-refractivity contribution in [3.63, 3.8) is 0 Å². The molecule has 2 aromatic heterocycles. The number of hydrogen-bond acceptors (Lipinski definition) is 2. The summed E-state index contributed by atoms with van der Waals surface area (Å²) in [5.74, 6) is 0. The second-order valence-electron chi connectivity index (χ2n) is 6.83. The van der Waals surface area contributed by atoms with E-state index in [1.807, 2.05) is 0 Å². The molecule has 0 aliphatic carbocycles. The van der Waals surface area contributed by atoms with Crippen molar-refractivity contribution in [1.29, 1.82) is 0 Å². The van der Waals surface area contributed by atoms with Gasteiger partial charge in [-0.2, -0.15) is 11.3 Å². The molecule has 1 unspecified atom stereocenters. The van der Waals surface area contributed by atoms with Crippen LogP contribution in [0, 0.1) is 13.8 Å². The summed E-state index contributed by atoms with van der Waals surface area (Å²) >= 11 is 1.79.